The smallest absolute Gasteiger partial charge is 0.329 e. The molecule has 0 heterocycles. The van der Waals surface area contributed by atoms with E-state index in [4.69, 9.17) is 5.73 Å². The largest absolute Gasteiger partial charge is 0.446 e. The lowest BCUT2D eigenvalue weighted by Crippen LogP contribution is -2.45. The molecule has 1 aromatic rings. The Kier molecular flexibility index (Phi) is 6.13. The maximum atomic E-state index is 12.3. The maximum Gasteiger partial charge on any atom is 0.446 e. The van der Waals surface area contributed by atoms with E-state index < -0.39 is 5.51 Å². The Labute approximate surface area is 128 Å². The summed E-state index contributed by atoms with van der Waals surface area (Å²) < 4.78 is 37.0. The first-order chi connectivity index (χ1) is 9.60. The third-order valence-corrected chi connectivity index (χ3v) is 4.75. The molecule has 0 spiro atoms. The molecule has 0 fully saturated rings. The Morgan fingerprint density at radius 3 is 2.10 bits per heavy atom. The van der Waals surface area contributed by atoms with E-state index in [9.17, 15) is 13.2 Å². The monoisotopic (exact) mass is 320 g/mol. The Morgan fingerprint density at radius 2 is 1.71 bits per heavy atom. The summed E-state index contributed by atoms with van der Waals surface area (Å²) in [5.41, 5.74) is 2.53. The molecule has 0 aliphatic rings. The molecule has 0 aliphatic carbocycles. The molecule has 1 unspecified atom stereocenters. The highest BCUT2D eigenvalue weighted by atomic mass is 32.2. The Balaban J connectivity index is 2.92. The van der Waals surface area contributed by atoms with Crippen molar-refractivity contribution in [2.75, 3.05) is 13.6 Å². The summed E-state index contributed by atoms with van der Waals surface area (Å²) in [6.45, 7) is 6.78. The van der Waals surface area contributed by atoms with Gasteiger partial charge in [-0.25, -0.2) is 0 Å². The van der Waals surface area contributed by atoms with Gasteiger partial charge in [0.15, 0.2) is 0 Å². The normalized spacial score (nSPS) is 14.5. The standard InChI is InChI=1S/C15H23F3N2S/c1-5-14(2,3)20(4)13(10-19)11-6-8-12(9-7-11)21-15(16,17)18/h6-9,13H,5,10,19H2,1-4H3. The van der Waals surface area contributed by atoms with Crippen LogP contribution in [0.25, 0.3) is 0 Å². The SMILES string of the molecule is CCC(C)(C)N(C)C(CN)c1ccc(SC(F)(F)F)cc1. The molecule has 6 heteroatoms. The minimum atomic E-state index is -4.25. The van der Waals surface area contributed by atoms with Crippen LogP contribution in [-0.2, 0) is 0 Å². The number of halogens is 3. The van der Waals surface area contributed by atoms with Crippen molar-refractivity contribution in [2.45, 2.75) is 49.2 Å². The highest BCUT2D eigenvalue weighted by molar-refractivity contribution is 8.00. The number of thioether (sulfide) groups is 1. The molecule has 2 nitrogen and oxygen atoms in total. The van der Waals surface area contributed by atoms with Crippen molar-refractivity contribution in [3.05, 3.63) is 29.8 Å². The molecule has 0 radical (unpaired) electrons. The predicted molar refractivity (Wildman–Crippen MR) is 82.3 cm³/mol. The van der Waals surface area contributed by atoms with Crippen molar-refractivity contribution in [1.29, 1.82) is 0 Å². The van der Waals surface area contributed by atoms with E-state index in [1.54, 1.807) is 12.1 Å². The first-order valence-corrected chi connectivity index (χ1v) is 7.71. The summed E-state index contributed by atoms with van der Waals surface area (Å²) in [5, 5.41) is 0. The second-order valence-corrected chi connectivity index (χ2v) is 6.78. The lowest BCUT2D eigenvalue weighted by Gasteiger charge is -2.40. The molecule has 0 aliphatic heterocycles. The fourth-order valence-electron chi connectivity index (χ4n) is 2.08. The highest BCUT2D eigenvalue weighted by Crippen LogP contribution is 2.37. The lowest BCUT2D eigenvalue weighted by atomic mass is 9.95. The van der Waals surface area contributed by atoms with Gasteiger partial charge in [-0.2, -0.15) is 13.2 Å². The van der Waals surface area contributed by atoms with Gasteiger partial charge in [0, 0.05) is 23.0 Å². The molecule has 1 rings (SSSR count). The van der Waals surface area contributed by atoms with Crippen molar-refractivity contribution in [3.8, 4) is 0 Å². The lowest BCUT2D eigenvalue weighted by molar-refractivity contribution is -0.0328. The van der Waals surface area contributed by atoms with Gasteiger partial charge in [0.05, 0.1) is 0 Å². The number of rotatable bonds is 6. The zero-order valence-electron chi connectivity index (χ0n) is 12.9. The summed E-state index contributed by atoms with van der Waals surface area (Å²) in [6, 6.07) is 6.46. The number of alkyl halides is 3. The summed E-state index contributed by atoms with van der Waals surface area (Å²) in [4.78, 5) is 2.37. The van der Waals surface area contributed by atoms with Gasteiger partial charge in [-0.3, -0.25) is 4.90 Å². The average molecular weight is 320 g/mol. The van der Waals surface area contributed by atoms with Gasteiger partial charge in [-0.1, -0.05) is 19.1 Å². The molecule has 0 bridgehead atoms. The van der Waals surface area contributed by atoms with E-state index >= 15 is 0 Å². The van der Waals surface area contributed by atoms with Crippen LogP contribution in [0.15, 0.2) is 29.2 Å². The topological polar surface area (TPSA) is 29.3 Å². The van der Waals surface area contributed by atoms with Gasteiger partial charge in [-0.15, -0.1) is 0 Å². The summed E-state index contributed by atoms with van der Waals surface area (Å²) >= 11 is -0.0976. The number of likely N-dealkylation sites (N-methyl/N-ethyl adjacent to an activating group) is 1. The van der Waals surface area contributed by atoms with Crippen LogP contribution in [-0.4, -0.2) is 29.5 Å². The van der Waals surface area contributed by atoms with Gasteiger partial charge < -0.3 is 5.73 Å². The van der Waals surface area contributed by atoms with Crippen LogP contribution in [0.4, 0.5) is 13.2 Å². The van der Waals surface area contributed by atoms with Crippen molar-refractivity contribution < 1.29 is 13.2 Å². The van der Waals surface area contributed by atoms with E-state index in [2.05, 4.69) is 25.7 Å². The first-order valence-electron chi connectivity index (χ1n) is 6.89. The number of nitrogens with two attached hydrogens (primary N) is 1. The van der Waals surface area contributed by atoms with Crippen LogP contribution in [0.3, 0.4) is 0 Å². The number of hydrogen-bond donors (Lipinski definition) is 1. The second kappa shape index (κ2) is 7.03. The predicted octanol–water partition coefficient (Wildman–Crippen LogP) is 4.42. The van der Waals surface area contributed by atoms with Gasteiger partial charge in [-0.05, 0) is 56.8 Å². The fourth-order valence-corrected chi connectivity index (χ4v) is 2.62. The molecule has 1 atom stereocenters. The van der Waals surface area contributed by atoms with E-state index in [0.717, 1.165) is 12.0 Å². The van der Waals surface area contributed by atoms with Crippen LogP contribution < -0.4 is 5.73 Å². The van der Waals surface area contributed by atoms with Crippen molar-refractivity contribution >= 4 is 11.8 Å². The Bertz CT molecular complexity index is 443. The zero-order valence-corrected chi connectivity index (χ0v) is 13.7. The molecule has 2 N–H and O–H groups in total. The molecule has 120 valence electrons. The van der Waals surface area contributed by atoms with Crippen molar-refractivity contribution in [1.82, 2.24) is 4.90 Å². The fraction of sp³-hybridized carbons (Fsp3) is 0.600. The zero-order chi connectivity index (χ0) is 16.3. The van der Waals surface area contributed by atoms with Gasteiger partial charge in [0.25, 0.3) is 0 Å². The van der Waals surface area contributed by atoms with Crippen LogP contribution in [0.1, 0.15) is 38.8 Å². The van der Waals surface area contributed by atoms with E-state index in [1.807, 2.05) is 7.05 Å². The molecular formula is C15H23F3N2S. The number of benzene rings is 1. The van der Waals surface area contributed by atoms with Crippen molar-refractivity contribution in [3.63, 3.8) is 0 Å². The summed E-state index contributed by atoms with van der Waals surface area (Å²) in [6.07, 6.45) is 0.960. The Hall–Kier alpha value is -0.720. The molecule has 0 aromatic heterocycles. The van der Waals surface area contributed by atoms with Crippen LogP contribution in [0.2, 0.25) is 0 Å². The first kappa shape index (κ1) is 18.3. The molecule has 21 heavy (non-hydrogen) atoms. The van der Waals surface area contributed by atoms with Crippen LogP contribution in [0, 0.1) is 0 Å². The number of hydrogen-bond acceptors (Lipinski definition) is 3. The molecule has 0 saturated carbocycles. The van der Waals surface area contributed by atoms with E-state index in [0.29, 0.717) is 6.54 Å². The summed E-state index contributed by atoms with van der Waals surface area (Å²) in [5.74, 6) is 0. The van der Waals surface area contributed by atoms with Gasteiger partial charge in [0.2, 0.25) is 0 Å². The minimum absolute atomic E-state index is 0.00936. The minimum Gasteiger partial charge on any atom is -0.329 e. The Morgan fingerprint density at radius 1 is 1.19 bits per heavy atom. The third-order valence-electron chi connectivity index (χ3n) is 4.01. The van der Waals surface area contributed by atoms with Gasteiger partial charge in [0.1, 0.15) is 0 Å². The van der Waals surface area contributed by atoms with Crippen LogP contribution >= 0.6 is 11.8 Å². The molecule has 0 amide bonds. The van der Waals surface area contributed by atoms with Crippen molar-refractivity contribution in [2.24, 2.45) is 5.73 Å². The van der Waals surface area contributed by atoms with E-state index in [1.165, 1.54) is 12.1 Å². The third kappa shape index (κ3) is 5.20. The second-order valence-electron chi connectivity index (χ2n) is 5.65. The molecule has 0 saturated heterocycles. The molecular weight excluding hydrogens is 297 g/mol. The van der Waals surface area contributed by atoms with Crippen LogP contribution in [0.5, 0.6) is 0 Å². The van der Waals surface area contributed by atoms with Gasteiger partial charge >= 0.3 is 5.51 Å². The molecule has 1 aromatic carbocycles. The summed E-state index contributed by atoms with van der Waals surface area (Å²) in [7, 11) is 2.00. The average Bonchev–Trinajstić information content (AvgIpc) is 2.39. The van der Waals surface area contributed by atoms with E-state index in [-0.39, 0.29) is 28.2 Å². The maximum absolute atomic E-state index is 12.3. The quantitative estimate of drug-likeness (QED) is 0.787. The number of nitrogens with zero attached hydrogens (tertiary/aromatic N) is 1. The highest BCUT2D eigenvalue weighted by Gasteiger charge is 2.30.